The van der Waals surface area contributed by atoms with Crippen LogP contribution in [0.15, 0.2) is 22.4 Å². The van der Waals surface area contributed by atoms with E-state index in [1.54, 1.807) is 0 Å². The molecule has 0 saturated heterocycles. The van der Waals surface area contributed by atoms with Gasteiger partial charge in [-0.05, 0) is 17.5 Å². The number of hydrogen-bond donors (Lipinski definition) is 2. The molecule has 0 unspecified atom stereocenters. The minimum atomic E-state index is -0.998. The Kier molecular flexibility index (Phi) is 2.73. The molecule has 1 N–H and O–H groups in total. The normalized spacial score (nSPS) is 11.5. The number of carboxylic acid groups (broad SMARTS) is 1. The molecule has 0 atom stereocenters. The number of aliphatic carboxylic acids is 1. The molecule has 4 heteroatoms. The lowest BCUT2D eigenvalue weighted by Gasteiger charge is -1.88. The standard InChI is InChI=1S/C7H6O2S2/c8-7(9)6(10)4-5-2-1-3-11-5/h1-4,10H,(H,8,9). The Morgan fingerprint density at radius 1 is 1.73 bits per heavy atom. The van der Waals surface area contributed by atoms with Crippen molar-refractivity contribution < 1.29 is 9.90 Å². The Hall–Kier alpha value is -0.740. The Bertz CT molecular complexity index is 275. The molecule has 0 radical (unpaired) electrons. The van der Waals surface area contributed by atoms with E-state index in [-0.39, 0.29) is 4.91 Å². The van der Waals surface area contributed by atoms with Gasteiger partial charge in [0.2, 0.25) is 0 Å². The average Bonchev–Trinajstić information content (AvgIpc) is 2.39. The zero-order chi connectivity index (χ0) is 8.27. The summed E-state index contributed by atoms with van der Waals surface area (Å²) in [6.45, 7) is 0. The van der Waals surface area contributed by atoms with Crippen LogP contribution in [0.25, 0.3) is 6.08 Å². The summed E-state index contributed by atoms with van der Waals surface area (Å²) in [6.07, 6.45) is 1.52. The molecule has 58 valence electrons. The van der Waals surface area contributed by atoms with Crippen LogP contribution >= 0.6 is 24.0 Å². The highest BCUT2D eigenvalue weighted by Crippen LogP contribution is 2.14. The molecule has 0 aliphatic carbocycles. The zero-order valence-electron chi connectivity index (χ0n) is 5.52. The molecule has 0 aliphatic rings. The first-order chi connectivity index (χ1) is 5.20. The molecule has 0 aromatic carbocycles. The predicted octanol–water partition coefficient (Wildman–Crippen LogP) is 2.10. The van der Waals surface area contributed by atoms with Crippen molar-refractivity contribution in [3.63, 3.8) is 0 Å². The fraction of sp³-hybridized carbons (Fsp3) is 0. The van der Waals surface area contributed by atoms with Crippen LogP contribution < -0.4 is 0 Å². The van der Waals surface area contributed by atoms with E-state index in [1.165, 1.54) is 17.4 Å². The molecule has 1 aromatic rings. The first kappa shape index (κ1) is 8.36. The molecule has 1 heterocycles. The summed E-state index contributed by atoms with van der Waals surface area (Å²) in [6, 6.07) is 3.70. The summed E-state index contributed by atoms with van der Waals surface area (Å²) in [4.78, 5) is 11.2. The smallest absolute Gasteiger partial charge is 0.341 e. The zero-order valence-corrected chi connectivity index (χ0v) is 7.23. The third kappa shape index (κ3) is 2.40. The highest BCUT2D eigenvalue weighted by atomic mass is 32.1. The molecule has 0 amide bonds. The molecule has 0 bridgehead atoms. The first-order valence-electron chi connectivity index (χ1n) is 2.87. The molecule has 11 heavy (non-hydrogen) atoms. The van der Waals surface area contributed by atoms with Gasteiger partial charge in [-0.1, -0.05) is 6.07 Å². The van der Waals surface area contributed by atoms with Gasteiger partial charge in [0.05, 0.1) is 4.91 Å². The van der Waals surface area contributed by atoms with Crippen molar-refractivity contribution in [2.24, 2.45) is 0 Å². The van der Waals surface area contributed by atoms with Crippen LogP contribution in [-0.2, 0) is 4.79 Å². The molecular weight excluding hydrogens is 180 g/mol. The third-order valence-corrected chi connectivity index (χ3v) is 2.18. The lowest BCUT2D eigenvalue weighted by atomic mass is 10.4. The van der Waals surface area contributed by atoms with Crippen LogP contribution in [0.5, 0.6) is 0 Å². The van der Waals surface area contributed by atoms with E-state index in [2.05, 4.69) is 12.6 Å². The van der Waals surface area contributed by atoms with Crippen LogP contribution in [0.3, 0.4) is 0 Å². The maximum Gasteiger partial charge on any atom is 0.341 e. The quantitative estimate of drug-likeness (QED) is 0.548. The van der Waals surface area contributed by atoms with Crippen molar-refractivity contribution in [1.29, 1.82) is 0 Å². The van der Waals surface area contributed by atoms with Crippen LogP contribution in [-0.4, -0.2) is 11.1 Å². The van der Waals surface area contributed by atoms with Gasteiger partial charge >= 0.3 is 5.97 Å². The fourth-order valence-electron chi connectivity index (χ4n) is 0.570. The number of thiophene rings is 1. The molecule has 0 spiro atoms. The van der Waals surface area contributed by atoms with E-state index in [0.29, 0.717) is 0 Å². The second-order valence-corrected chi connectivity index (χ2v) is 3.31. The molecule has 0 fully saturated rings. The summed E-state index contributed by atoms with van der Waals surface area (Å²) < 4.78 is 0. The number of hydrogen-bond acceptors (Lipinski definition) is 3. The number of thiol groups is 1. The minimum absolute atomic E-state index is 0.0625. The summed E-state index contributed by atoms with van der Waals surface area (Å²) >= 11 is 5.26. The van der Waals surface area contributed by atoms with Gasteiger partial charge in [0, 0.05) is 4.88 Å². The van der Waals surface area contributed by atoms with Crippen molar-refractivity contribution in [2.45, 2.75) is 0 Å². The van der Waals surface area contributed by atoms with E-state index in [9.17, 15) is 4.79 Å². The topological polar surface area (TPSA) is 37.3 Å². The van der Waals surface area contributed by atoms with Crippen molar-refractivity contribution in [3.05, 3.63) is 27.3 Å². The van der Waals surface area contributed by atoms with Crippen molar-refractivity contribution in [1.82, 2.24) is 0 Å². The van der Waals surface area contributed by atoms with Crippen LogP contribution in [0, 0.1) is 0 Å². The Labute approximate surface area is 73.6 Å². The first-order valence-corrected chi connectivity index (χ1v) is 4.20. The Morgan fingerprint density at radius 2 is 2.45 bits per heavy atom. The number of rotatable bonds is 2. The molecule has 1 rings (SSSR count). The molecule has 0 aliphatic heterocycles. The lowest BCUT2D eigenvalue weighted by Crippen LogP contribution is -1.92. The maximum absolute atomic E-state index is 10.3. The van der Waals surface area contributed by atoms with Crippen molar-refractivity contribution in [3.8, 4) is 0 Å². The van der Waals surface area contributed by atoms with Gasteiger partial charge in [-0.2, -0.15) is 0 Å². The van der Waals surface area contributed by atoms with Gasteiger partial charge < -0.3 is 5.11 Å². The monoisotopic (exact) mass is 186 g/mol. The molecule has 2 nitrogen and oxygen atoms in total. The van der Waals surface area contributed by atoms with Gasteiger partial charge in [-0.3, -0.25) is 0 Å². The van der Waals surface area contributed by atoms with Crippen LogP contribution in [0.2, 0.25) is 0 Å². The van der Waals surface area contributed by atoms with E-state index < -0.39 is 5.97 Å². The number of carbonyl (C=O) groups is 1. The minimum Gasteiger partial charge on any atom is -0.477 e. The highest BCUT2D eigenvalue weighted by Gasteiger charge is 2.00. The maximum atomic E-state index is 10.3. The van der Waals surface area contributed by atoms with Gasteiger partial charge in [-0.15, -0.1) is 24.0 Å². The Morgan fingerprint density at radius 3 is 2.91 bits per heavy atom. The summed E-state index contributed by atoms with van der Waals surface area (Å²) in [5.74, 6) is -0.998. The van der Waals surface area contributed by atoms with Gasteiger partial charge in [0.25, 0.3) is 0 Å². The van der Waals surface area contributed by atoms with Crippen LogP contribution in [0.1, 0.15) is 4.88 Å². The van der Waals surface area contributed by atoms with E-state index in [1.807, 2.05) is 17.5 Å². The number of carboxylic acids is 1. The average molecular weight is 186 g/mol. The van der Waals surface area contributed by atoms with E-state index >= 15 is 0 Å². The van der Waals surface area contributed by atoms with Gasteiger partial charge in [0.1, 0.15) is 0 Å². The van der Waals surface area contributed by atoms with Crippen molar-refractivity contribution in [2.75, 3.05) is 0 Å². The second-order valence-electron chi connectivity index (χ2n) is 1.85. The molecule has 0 saturated carbocycles. The summed E-state index contributed by atoms with van der Waals surface area (Å²) in [7, 11) is 0. The largest absolute Gasteiger partial charge is 0.477 e. The predicted molar refractivity (Wildman–Crippen MR) is 48.9 cm³/mol. The van der Waals surface area contributed by atoms with Crippen LogP contribution in [0.4, 0.5) is 0 Å². The Balaban J connectivity index is 2.82. The highest BCUT2D eigenvalue weighted by molar-refractivity contribution is 7.85. The third-order valence-electron chi connectivity index (χ3n) is 1.04. The van der Waals surface area contributed by atoms with E-state index in [4.69, 9.17) is 5.11 Å². The SMILES string of the molecule is O=C(O)C(S)=Cc1cccs1. The van der Waals surface area contributed by atoms with Gasteiger partial charge in [0.15, 0.2) is 0 Å². The molecular formula is C7H6O2S2. The summed E-state index contributed by atoms with van der Waals surface area (Å²) in [5.41, 5.74) is 0. The van der Waals surface area contributed by atoms with Crippen molar-refractivity contribution >= 4 is 36.0 Å². The fourth-order valence-corrected chi connectivity index (χ4v) is 1.45. The summed E-state index contributed by atoms with van der Waals surface area (Å²) in [5, 5.41) is 10.3. The second kappa shape index (κ2) is 3.59. The van der Waals surface area contributed by atoms with Gasteiger partial charge in [-0.25, -0.2) is 4.79 Å². The lowest BCUT2D eigenvalue weighted by molar-refractivity contribution is -0.131. The van der Waals surface area contributed by atoms with E-state index in [0.717, 1.165) is 4.88 Å². The molecule has 1 aromatic heterocycles.